The molecule has 0 aliphatic carbocycles. The first-order valence-corrected chi connectivity index (χ1v) is 8.97. The van der Waals surface area contributed by atoms with Gasteiger partial charge in [-0.3, -0.25) is 4.79 Å². The average molecular weight is 328 g/mol. The third kappa shape index (κ3) is 6.40. The minimum absolute atomic E-state index is 0.102. The van der Waals surface area contributed by atoms with Gasteiger partial charge in [-0.25, -0.2) is 0 Å². The molecule has 6 heteroatoms. The SMILES string of the molecule is O=c1c2ccccc1SCCOCCOCCOCCS2. The van der Waals surface area contributed by atoms with Crippen LogP contribution in [-0.2, 0) is 14.2 Å². The summed E-state index contributed by atoms with van der Waals surface area (Å²) in [5, 5.41) is 0. The molecule has 4 nitrogen and oxygen atoms in total. The van der Waals surface area contributed by atoms with Gasteiger partial charge >= 0.3 is 0 Å². The molecule has 0 N–H and O–H groups in total. The highest BCUT2D eigenvalue weighted by molar-refractivity contribution is 8.00. The number of rotatable bonds is 0. The fourth-order valence-electron chi connectivity index (χ4n) is 1.75. The maximum absolute atomic E-state index is 12.4. The van der Waals surface area contributed by atoms with Crippen LogP contribution in [0.15, 0.2) is 38.9 Å². The Morgan fingerprint density at radius 1 is 0.714 bits per heavy atom. The molecule has 0 spiro atoms. The van der Waals surface area contributed by atoms with E-state index in [0.717, 1.165) is 21.3 Å². The van der Waals surface area contributed by atoms with Crippen LogP contribution in [0.4, 0.5) is 0 Å². The lowest BCUT2D eigenvalue weighted by atomic mass is 10.5. The molecule has 0 atom stereocenters. The lowest BCUT2D eigenvalue weighted by molar-refractivity contribution is 0.0205. The van der Waals surface area contributed by atoms with E-state index in [1.54, 1.807) is 23.5 Å². The Morgan fingerprint density at radius 3 is 1.62 bits per heavy atom. The molecular weight excluding hydrogens is 308 g/mol. The van der Waals surface area contributed by atoms with Crippen molar-refractivity contribution >= 4 is 23.5 Å². The van der Waals surface area contributed by atoms with E-state index in [-0.39, 0.29) is 5.43 Å². The molecule has 0 fully saturated rings. The van der Waals surface area contributed by atoms with Gasteiger partial charge in [0.25, 0.3) is 0 Å². The van der Waals surface area contributed by atoms with Crippen LogP contribution in [0.3, 0.4) is 0 Å². The molecule has 0 radical (unpaired) electrons. The van der Waals surface area contributed by atoms with Crippen molar-refractivity contribution in [2.45, 2.75) is 9.79 Å². The van der Waals surface area contributed by atoms with Crippen LogP contribution < -0.4 is 5.43 Å². The predicted molar refractivity (Wildman–Crippen MR) is 86.6 cm³/mol. The zero-order valence-electron chi connectivity index (χ0n) is 11.9. The first kappa shape index (κ1) is 16.8. The Balaban J connectivity index is 2.03. The van der Waals surface area contributed by atoms with Crippen molar-refractivity contribution in [2.24, 2.45) is 0 Å². The van der Waals surface area contributed by atoms with E-state index in [0.29, 0.717) is 39.6 Å². The molecule has 1 aromatic carbocycles. The summed E-state index contributed by atoms with van der Waals surface area (Å²) in [6, 6.07) is 7.57. The summed E-state index contributed by atoms with van der Waals surface area (Å²) in [5.74, 6) is 1.54. The van der Waals surface area contributed by atoms with Crippen molar-refractivity contribution in [1.29, 1.82) is 0 Å². The summed E-state index contributed by atoms with van der Waals surface area (Å²) < 4.78 is 16.3. The van der Waals surface area contributed by atoms with E-state index in [2.05, 4.69) is 0 Å². The standard InChI is InChI=1S/C15H20O4S2/c16-15-13-3-1-2-4-14(15)21-12-10-19-8-6-17-5-7-18-9-11-20-13/h1-4H,5-12H2. The topological polar surface area (TPSA) is 44.8 Å². The maximum Gasteiger partial charge on any atom is 0.205 e. The summed E-state index contributed by atoms with van der Waals surface area (Å²) in [6.07, 6.45) is 0. The molecule has 1 aromatic rings. The summed E-state index contributed by atoms with van der Waals surface area (Å²) in [6.45, 7) is 3.55. The molecule has 0 amide bonds. The lowest BCUT2D eigenvalue weighted by Gasteiger charge is -2.07. The van der Waals surface area contributed by atoms with Crippen LogP contribution in [-0.4, -0.2) is 51.1 Å². The Bertz CT molecular complexity index is 442. The Kier molecular flexibility index (Phi) is 8.21. The van der Waals surface area contributed by atoms with Gasteiger partial charge in [-0.05, 0) is 12.1 Å². The third-order valence-electron chi connectivity index (χ3n) is 2.77. The second-order valence-corrected chi connectivity index (χ2v) is 6.58. The number of ether oxygens (including phenoxy) is 3. The number of thioether (sulfide) groups is 2. The van der Waals surface area contributed by atoms with Crippen molar-refractivity contribution in [1.82, 2.24) is 0 Å². The molecule has 1 aliphatic rings. The molecule has 116 valence electrons. The molecule has 1 aliphatic heterocycles. The van der Waals surface area contributed by atoms with Crippen LogP contribution in [0.1, 0.15) is 0 Å². The summed E-state index contributed by atoms with van der Waals surface area (Å²) in [5.41, 5.74) is 0.102. The molecular formula is C15H20O4S2. The van der Waals surface area contributed by atoms with E-state index in [4.69, 9.17) is 14.2 Å². The average Bonchev–Trinajstić information content (AvgIpc) is 2.66. The molecule has 1 heterocycles. The third-order valence-corrected chi connectivity index (χ3v) is 4.77. The largest absolute Gasteiger partial charge is 0.378 e. The molecule has 0 unspecified atom stereocenters. The van der Waals surface area contributed by atoms with E-state index in [9.17, 15) is 4.79 Å². The van der Waals surface area contributed by atoms with Crippen LogP contribution in [0, 0.1) is 0 Å². The summed E-state index contributed by atoms with van der Waals surface area (Å²) in [4.78, 5) is 14.0. The van der Waals surface area contributed by atoms with Gasteiger partial charge in [-0.15, -0.1) is 23.5 Å². The Hall–Kier alpha value is -0.530. The van der Waals surface area contributed by atoms with Gasteiger partial charge in [0.1, 0.15) is 0 Å². The van der Waals surface area contributed by atoms with Gasteiger partial charge in [0, 0.05) is 11.5 Å². The second kappa shape index (κ2) is 10.2. The molecule has 0 saturated heterocycles. The fraction of sp³-hybridized carbons (Fsp3) is 0.533. The highest BCUT2D eigenvalue weighted by Gasteiger charge is 2.05. The summed E-state index contributed by atoms with van der Waals surface area (Å²) in [7, 11) is 0. The monoisotopic (exact) mass is 328 g/mol. The van der Waals surface area contributed by atoms with Gasteiger partial charge in [0.05, 0.1) is 49.4 Å². The van der Waals surface area contributed by atoms with Crippen LogP contribution in [0.25, 0.3) is 0 Å². The van der Waals surface area contributed by atoms with Gasteiger partial charge in [-0.2, -0.15) is 0 Å². The van der Waals surface area contributed by atoms with Crippen molar-refractivity contribution in [3.8, 4) is 0 Å². The first-order valence-electron chi connectivity index (χ1n) is 7.00. The van der Waals surface area contributed by atoms with Gasteiger partial charge in [0.15, 0.2) is 0 Å². The molecule has 21 heavy (non-hydrogen) atoms. The number of fused-ring (bicyclic) bond motifs is 2. The highest BCUT2D eigenvalue weighted by Crippen LogP contribution is 2.18. The van der Waals surface area contributed by atoms with E-state index >= 15 is 0 Å². The van der Waals surface area contributed by atoms with E-state index in [1.165, 1.54) is 0 Å². The van der Waals surface area contributed by atoms with Gasteiger partial charge in [0.2, 0.25) is 5.43 Å². The summed E-state index contributed by atoms with van der Waals surface area (Å²) >= 11 is 3.09. The Labute approximate surface area is 133 Å². The lowest BCUT2D eigenvalue weighted by Crippen LogP contribution is -2.12. The second-order valence-electron chi connectivity index (χ2n) is 4.31. The fourth-order valence-corrected chi connectivity index (χ4v) is 3.49. The minimum Gasteiger partial charge on any atom is -0.378 e. The highest BCUT2D eigenvalue weighted by atomic mass is 32.2. The number of hydrogen-bond donors (Lipinski definition) is 0. The van der Waals surface area contributed by atoms with Crippen molar-refractivity contribution in [3.05, 3.63) is 34.5 Å². The predicted octanol–water partition coefficient (Wildman–Crippen LogP) is 2.29. The molecule has 2 rings (SSSR count). The van der Waals surface area contributed by atoms with Gasteiger partial charge < -0.3 is 14.2 Å². The van der Waals surface area contributed by atoms with E-state index < -0.39 is 0 Å². The van der Waals surface area contributed by atoms with Crippen LogP contribution in [0.5, 0.6) is 0 Å². The normalized spacial score (nSPS) is 19.0. The van der Waals surface area contributed by atoms with Crippen LogP contribution >= 0.6 is 23.5 Å². The molecule has 2 bridgehead atoms. The first-order chi connectivity index (χ1) is 10.4. The smallest absolute Gasteiger partial charge is 0.205 e. The van der Waals surface area contributed by atoms with E-state index in [1.807, 2.05) is 24.3 Å². The molecule has 0 saturated carbocycles. The zero-order valence-corrected chi connectivity index (χ0v) is 13.5. The maximum atomic E-state index is 12.4. The van der Waals surface area contributed by atoms with Crippen molar-refractivity contribution in [2.75, 3.05) is 51.1 Å². The molecule has 0 aromatic heterocycles. The number of hydrogen-bond acceptors (Lipinski definition) is 6. The minimum atomic E-state index is 0.102. The van der Waals surface area contributed by atoms with Crippen LogP contribution in [0.2, 0.25) is 0 Å². The van der Waals surface area contributed by atoms with Crippen molar-refractivity contribution in [3.63, 3.8) is 0 Å². The quantitative estimate of drug-likeness (QED) is 0.728. The van der Waals surface area contributed by atoms with Gasteiger partial charge in [-0.1, -0.05) is 12.1 Å². The van der Waals surface area contributed by atoms with Crippen molar-refractivity contribution < 1.29 is 14.2 Å². The zero-order chi connectivity index (χ0) is 14.8. The Morgan fingerprint density at radius 2 is 1.14 bits per heavy atom.